The van der Waals surface area contributed by atoms with Crippen molar-refractivity contribution >= 4 is 5.69 Å². The van der Waals surface area contributed by atoms with Crippen molar-refractivity contribution < 1.29 is 4.74 Å². The quantitative estimate of drug-likeness (QED) is 0.875. The molecule has 1 aliphatic rings. The van der Waals surface area contributed by atoms with Gasteiger partial charge in [-0.25, -0.2) is 0 Å². The molecule has 1 N–H and O–H groups in total. The summed E-state index contributed by atoms with van der Waals surface area (Å²) in [6.07, 6.45) is 1.11. The monoisotopic (exact) mass is 253 g/mol. The zero-order valence-corrected chi connectivity index (χ0v) is 11.7. The van der Waals surface area contributed by atoms with Crippen LogP contribution in [0.25, 0.3) is 11.1 Å². The van der Waals surface area contributed by atoms with E-state index in [2.05, 4.69) is 49.5 Å². The molecule has 0 amide bonds. The summed E-state index contributed by atoms with van der Waals surface area (Å²) in [6, 6.07) is 11.0. The molecule has 2 heteroatoms. The molecule has 0 saturated heterocycles. The van der Waals surface area contributed by atoms with E-state index in [1.54, 1.807) is 7.11 Å². The molecule has 0 bridgehead atoms. The number of aryl methyl sites for hydroxylation is 2. The fourth-order valence-corrected chi connectivity index (χ4v) is 2.92. The maximum Gasteiger partial charge on any atom is 0.127 e. The average molecular weight is 253 g/mol. The summed E-state index contributed by atoms with van der Waals surface area (Å²) in [7, 11) is 1.74. The van der Waals surface area contributed by atoms with Gasteiger partial charge < -0.3 is 10.1 Å². The van der Waals surface area contributed by atoms with Crippen molar-refractivity contribution in [3.8, 4) is 16.9 Å². The molecule has 0 atom stereocenters. The Balaban J connectivity index is 2.16. The number of hydrogen-bond donors (Lipinski definition) is 1. The molecule has 0 aliphatic carbocycles. The number of ether oxygens (including phenoxy) is 1. The molecule has 0 spiro atoms. The van der Waals surface area contributed by atoms with Crippen LogP contribution < -0.4 is 10.1 Å². The van der Waals surface area contributed by atoms with Crippen molar-refractivity contribution in [2.24, 2.45) is 0 Å². The standard InChI is InChI=1S/C17H19NO/c1-11-8-12(2)17(16(9-11)19-3)14-4-5-15-13(10-14)6-7-18-15/h4-5,8-10,18H,6-7H2,1-3H3. The van der Waals surface area contributed by atoms with Crippen molar-refractivity contribution in [3.05, 3.63) is 47.0 Å². The minimum atomic E-state index is 0.961. The van der Waals surface area contributed by atoms with E-state index in [0.29, 0.717) is 0 Å². The number of fused-ring (bicyclic) bond motifs is 1. The van der Waals surface area contributed by atoms with E-state index in [9.17, 15) is 0 Å². The van der Waals surface area contributed by atoms with Crippen molar-refractivity contribution in [1.82, 2.24) is 0 Å². The van der Waals surface area contributed by atoms with Crippen molar-refractivity contribution in [2.75, 3.05) is 19.0 Å². The molecular formula is C17H19NO. The second kappa shape index (κ2) is 4.61. The number of rotatable bonds is 2. The van der Waals surface area contributed by atoms with Crippen LogP contribution in [0.15, 0.2) is 30.3 Å². The van der Waals surface area contributed by atoms with Crippen molar-refractivity contribution in [1.29, 1.82) is 0 Å². The Morgan fingerprint density at radius 2 is 1.95 bits per heavy atom. The summed E-state index contributed by atoms with van der Waals surface area (Å²) in [5, 5.41) is 3.40. The van der Waals surface area contributed by atoms with Gasteiger partial charge in [0.25, 0.3) is 0 Å². The first-order valence-corrected chi connectivity index (χ1v) is 6.71. The zero-order chi connectivity index (χ0) is 13.4. The van der Waals surface area contributed by atoms with Crippen LogP contribution in [0.2, 0.25) is 0 Å². The molecule has 2 aromatic rings. The third-order valence-corrected chi connectivity index (χ3v) is 3.77. The normalized spacial score (nSPS) is 13.0. The highest BCUT2D eigenvalue weighted by atomic mass is 16.5. The van der Waals surface area contributed by atoms with Gasteiger partial charge in [0.1, 0.15) is 5.75 Å². The molecular weight excluding hydrogens is 234 g/mol. The van der Waals surface area contributed by atoms with E-state index >= 15 is 0 Å². The van der Waals surface area contributed by atoms with Crippen LogP contribution in [0, 0.1) is 13.8 Å². The Bertz CT molecular complexity index is 631. The molecule has 2 nitrogen and oxygen atoms in total. The van der Waals surface area contributed by atoms with Crippen LogP contribution in [0.3, 0.4) is 0 Å². The van der Waals surface area contributed by atoms with E-state index < -0.39 is 0 Å². The summed E-state index contributed by atoms with van der Waals surface area (Å²) in [5.74, 6) is 0.961. The Labute approximate surface area is 114 Å². The number of nitrogens with one attached hydrogen (secondary N) is 1. The molecule has 1 aliphatic heterocycles. The highest BCUT2D eigenvalue weighted by molar-refractivity contribution is 5.77. The Kier molecular flexibility index (Phi) is 2.94. The van der Waals surface area contributed by atoms with Gasteiger partial charge >= 0.3 is 0 Å². The van der Waals surface area contributed by atoms with Crippen LogP contribution in [-0.4, -0.2) is 13.7 Å². The lowest BCUT2D eigenvalue weighted by Crippen LogP contribution is -1.93. The van der Waals surface area contributed by atoms with E-state index in [1.165, 1.54) is 33.5 Å². The van der Waals surface area contributed by atoms with E-state index in [1.807, 2.05) is 0 Å². The summed E-state index contributed by atoms with van der Waals surface area (Å²) in [6.45, 7) is 5.30. The lowest BCUT2D eigenvalue weighted by molar-refractivity contribution is 0.416. The van der Waals surface area contributed by atoms with Gasteiger partial charge in [0.2, 0.25) is 0 Å². The molecule has 0 fully saturated rings. The van der Waals surface area contributed by atoms with Crippen molar-refractivity contribution in [3.63, 3.8) is 0 Å². The third kappa shape index (κ3) is 2.07. The molecule has 0 saturated carbocycles. The van der Waals surface area contributed by atoms with Crippen LogP contribution >= 0.6 is 0 Å². The largest absolute Gasteiger partial charge is 0.496 e. The highest BCUT2D eigenvalue weighted by Gasteiger charge is 2.14. The van der Waals surface area contributed by atoms with Gasteiger partial charge in [-0.2, -0.15) is 0 Å². The topological polar surface area (TPSA) is 21.3 Å². The van der Waals surface area contributed by atoms with Crippen molar-refractivity contribution in [2.45, 2.75) is 20.3 Å². The first-order valence-electron chi connectivity index (χ1n) is 6.71. The maximum absolute atomic E-state index is 5.57. The SMILES string of the molecule is COc1cc(C)cc(C)c1-c1ccc2c(c1)CCN2. The van der Waals surface area contributed by atoms with E-state index in [0.717, 1.165) is 18.7 Å². The lowest BCUT2D eigenvalue weighted by Gasteiger charge is -2.14. The Morgan fingerprint density at radius 3 is 2.74 bits per heavy atom. The minimum absolute atomic E-state index is 0.961. The van der Waals surface area contributed by atoms with Gasteiger partial charge in [0.05, 0.1) is 7.11 Å². The molecule has 0 aromatic heterocycles. The van der Waals surface area contributed by atoms with Gasteiger partial charge in [0.15, 0.2) is 0 Å². The fourth-order valence-electron chi connectivity index (χ4n) is 2.92. The van der Waals surface area contributed by atoms with Gasteiger partial charge in [-0.05, 0) is 60.7 Å². The maximum atomic E-state index is 5.57. The second-order valence-electron chi connectivity index (χ2n) is 5.21. The molecule has 2 aromatic carbocycles. The fraction of sp³-hybridized carbons (Fsp3) is 0.294. The first kappa shape index (κ1) is 12.1. The summed E-state index contributed by atoms with van der Waals surface area (Å²) in [4.78, 5) is 0. The number of benzene rings is 2. The molecule has 98 valence electrons. The molecule has 0 unspecified atom stereocenters. The Morgan fingerprint density at radius 1 is 1.11 bits per heavy atom. The molecule has 0 radical (unpaired) electrons. The first-order chi connectivity index (χ1) is 9.19. The average Bonchev–Trinajstić information content (AvgIpc) is 2.84. The predicted octanol–water partition coefficient (Wildman–Crippen LogP) is 3.95. The third-order valence-electron chi connectivity index (χ3n) is 3.77. The highest BCUT2D eigenvalue weighted by Crippen LogP contribution is 2.36. The predicted molar refractivity (Wildman–Crippen MR) is 80.1 cm³/mol. The second-order valence-corrected chi connectivity index (χ2v) is 5.21. The lowest BCUT2D eigenvalue weighted by atomic mass is 9.95. The van der Waals surface area contributed by atoms with Gasteiger partial charge in [-0.15, -0.1) is 0 Å². The van der Waals surface area contributed by atoms with Gasteiger partial charge in [0, 0.05) is 17.8 Å². The summed E-state index contributed by atoms with van der Waals surface area (Å²) >= 11 is 0. The van der Waals surface area contributed by atoms with Gasteiger partial charge in [-0.3, -0.25) is 0 Å². The summed E-state index contributed by atoms with van der Waals surface area (Å²) < 4.78 is 5.57. The van der Waals surface area contributed by atoms with Crippen LogP contribution in [-0.2, 0) is 6.42 Å². The van der Waals surface area contributed by atoms with E-state index in [4.69, 9.17) is 4.74 Å². The van der Waals surface area contributed by atoms with Crippen LogP contribution in [0.4, 0.5) is 5.69 Å². The molecule has 19 heavy (non-hydrogen) atoms. The Hall–Kier alpha value is -1.96. The van der Waals surface area contributed by atoms with E-state index in [-0.39, 0.29) is 0 Å². The molecule has 3 rings (SSSR count). The summed E-state index contributed by atoms with van der Waals surface area (Å²) in [5.41, 5.74) is 7.63. The molecule has 1 heterocycles. The van der Waals surface area contributed by atoms with Crippen LogP contribution in [0.5, 0.6) is 5.75 Å². The van der Waals surface area contributed by atoms with Gasteiger partial charge in [-0.1, -0.05) is 12.1 Å². The van der Waals surface area contributed by atoms with Crippen LogP contribution in [0.1, 0.15) is 16.7 Å². The zero-order valence-electron chi connectivity index (χ0n) is 11.7. The number of methoxy groups -OCH3 is 1. The smallest absolute Gasteiger partial charge is 0.127 e. The number of anilines is 1. The number of hydrogen-bond acceptors (Lipinski definition) is 2. The minimum Gasteiger partial charge on any atom is -0.496 e.